The highest BCUT2D eigenvalue weighted by atomic mass is 19.1. The van der Waals surface area contributed by atoms with E-state index in [4.69, 9.17) is 4.74 Å². The van der Waals surface area contributed by atoms with Crippen LogP contribution in [-0.2, 0) is 33.3 Å². The first-order valence-corrected chi connectivity index (χ1v) is 10.8. The van der Waals surface area contributed by atoms with Gasteiger partial charge in [0.15, 0.2) is 0 Å². The first-order chi connectivity index (χ1) is 15.5. The lowest BCUT2D eigenvalue weighted by atomic mass is 10.1. The van der Waals surface area contributed by atoms with Gasteiger partial charge in [-0.1, -0.05) is 54.6 Å². The SMILES string of the molecule is Cc1cn(C)c(CN(Cc2ccc(F)cc2)Cc2ccc(OCc3ccccc3)cc2)n1. The Balaban J connectivity index is 1.44. The van der Waals surface area contributed by atoms with E-state index < -0.39 is 0 Å². The summed E-state index contributed by atoms with van der Waals surface area (Å²) in [4.78, 5) is 6.97. The Bertz CT molecular complexity index is 1120. The summed E-state index contributed by atoms with van der Waals surface area (Å²) in [7, 11) is 2.02. The van der Waals surface area contributed by atoms with Gasteiger partial charge >= 0.3 is 0 Å². The van der Waals surface area contributed by atoms with Crippen LogP contribution in [-0.4, -0.2) is 14.5 Å². The number of rotatable bonds is 9. The van der Waals surface area contributed by atoms with Gasteiger partial charge in [-0.25, -0.2) is 9.37 Å². The molecule has 0 bridgehead atoms. The highest BCUT2D eigenvalue weighted by molar-refractivity contribution is 5.28. The number of aryl methyl sites for hydroxylation is 2. The molecule has 0 aliphatic heterocycles. The lowest BCUT2D eigenvalue weighted by Crippen LogP contribution is -2.24. The smallest absolute Gasteiger partial charge is 0.123 e. The largest absolute Gasteiger partial charge is 0.489 e. The minimum Gasteiger partial charge on any atom is -0.489 e. The molecule has 3 aromatic carbocycles. The van der Waals surface area contributed by atoms with Gasteiger partial charge in [0.1, 0.15) is 24.0 Å². The maximum atomic E-state index is 13.3. The number of ether oxygens (including phenoxy) is 1. The van der Waals surface area contributed by atoms with E-state index in [0.717, 1.165) is 34.9 Å². The van der Waals surface area contributed by atoms with Crippen molar-refractivity contribution in [3.8, 4) is 5.75 Å². The molecule has 4 nitrogen and oxygen atoms in total. The van der Waals surface area contributed by atoms with Gasteiger partial charge in [0.05, 0.1) is 12.2 Å². The molecule has 4 rings (SSSR count). The van der Waals surface area contributed by atoms with Crippen LogP contribution in [0.15, 0.2) is 85.1 Å². The molecule has 0 aliphatic carbocycles. The van der Waals surface area contributed by atoms with E-state index in [1.165, 1.54) is 17.7 Å². The molecule has 1 aromatic heterocycles. The first kappa shape index (κ1) is 21.8. The zero-order chi connectivity index (χ0) is 22.3. The van der Waals surface area contributed by atoms with Crippen molar-refractivity contribution < 1.29 is 9.13 Å². The Morgan fingerprint density at radius 2 is 1.44 bits per heavy atom. The Labute approximate surface area is 188 Å². The van der Waals surface area contributed by atoms with E-state index in [9.17, 15) is 4.39 Å². The van der Waals surface area contributed by atoms with Crippen molar-refractivity contribution in [3.05, 3.63) is 119 Å². The summed E-state index contributed by atoms with van der Waals surface area (Å²) in [5, 5.41) is 0. The van der Waals surface area contributed by atoms with Gasteiger partial charge in [-0.2, -0.15) is 0 Å². The number of benzene rings is 3. The standard InChI is InChI=1S/C27H28FN3O/c1-21-16-30(2)27(29-21)19-31(17-22-8-12-25(28)13-9-22)18-23-10-14-26(15-11-23)32-20-24-6-4-3-5-7-24/h3-16H,17-20H2,1-2H3. The van der Waals surface area contributed by atoms with Gasteiger partial charge in [0, 0.05) is 26.3 Å². The average Bonchev–Trinajstić information content (AvgIpc) is 3.12. The summed E-state index contributed by atoms with van der Waals surface area (Å²) < 4.78 is 21.3. The topological polar surface area (TPSA) is 30.3 Å². The van der Waals surface area contributed by atoms with E-state index >= 15 is 0 Å². The molecule has 0 N–H and O–H groups in total. The second kappa shape index (κ2) is 10.2. The molecule has 0 saturated heterocycles. The van der Waals surface area contributed by atoms with Crippen molar-refractivity contribution in [2.24, 2.45) is 7.05 Å². The quantitative estimate of drug-likeness (QED) is 0.344. The van der Waals surface area contributed by atoms with Crippen LogP contribution < -0.4 is 4.74 Å². The van der Waals surface area contributed by atoms with Crippen LogP contribution in [0, 0.1) is 12.7 Å². The fraction of sp³-hybridized carbons (Fsp3) is 0.222. The molecule has 0 unspecified atom stereocenters. The predicted molar refractivity (Wildman–Crippen MR) is 125 cm³/mol. The van der Waals surface area contributed by atoms with Crippen LogP contribution in [0.2, 0.25) is 0 Å². The number of imidazole rings is 1. The third-order valence-corrected chi connectivity index (χ3v) is 5.36. The fourth-order valence-electron chi connectivity index (χ4n) is 3.72. The number of hydrogen-bond acceptors (Lipinski definition) is 3. The number of nitrogens with zero attached hydrogens (tertiary/aromatic N) is 3. The van der Waals surface area contributed by atoms with Crippen molar-refractivity contribution in [3.63, 3.8) is 0 Å². The van der Waals surface area contributed by atoms with Gasteiger partial charge < -0.3 is 9.30 Å². The molecule has 1 heterocycles. The van der Waals surface area contributed by atoms with Crippen molar-refractivity contribution in [1.82, 2.24) is 14.5 Å². The number of hydrogen-bond donors (Lipinski definition) is 0. The highest BCUT2D eigenvalue weighted by Crippen LogP contribution is 2.18. The van der Waals surface area contributed by atoms with Crippen LogP contribution in [0.1, 0.15) is 28.2 Å². The second-order valence-electron chi connectivity index (χ2n) is 8.10. The molecule has 0 aliphatic rings. The lowest BCUT2D eigenvalue weighted by molar-refractivity contribution is 0.238. The summed E-state index contributed by atoms with van der Waals surface area (Å²) in [6.45, 7) is 4.71. The minimum absolute atomic E-state index is 0.217. The van der Waals surface area contributed by atoms with Crippen LogP contribution in [0.3, 0.4) is 0 Å². The Hall–Kier alpha value is -3.44. The molecule has 32 heavy (non-hydrogen) atoms. The van der Waals surface area contributed by atoms with Crippen molar-refractivity contribution in [2.45, 2.75) is 33.2 Å². The highest BCUT2D eigenvalue weighted by Gasteiger charge is 2.12. The summed E-state index contributed by atoms with van der Waals surface area (Å²) in [5.41, 5.74) is 4.40. The molecule has 0 spiro atoms. The van der Waals surface area contributed by atoms with Gasteiger partial charge in [-0.15, -0.1) is 0 Å². The second-order valence-corrected chi connectivity index (χ2v) is 8.10. The van der Waals surface area contributed by atoms with Gasteiger partial charge in [0.25, 0.3) is 0 Å². The molecule has 5 heteroatoms. The molecule has 4 aromatic rings. The maximum absolute atomic E-state index is 13.3. The summed E-state index contributed by atoms with van der Waals surface area (Å²) >= 11 is 0. The van der Waals surface area contributed by atoms with E-state index in [1.807, 2.05) is 62.6 Å². The van der Waals surface area contributed by atoms with Crippen molar-refractivity contribution in [2.75, 3.05) is 0 Å². The Kier molecular flexibility index (Phi) is 6.97. The molecular formula is C27H28FN3O. The summed E-state index contributed by atoms with van der Waals surface area (Å²) in [6, 6.07) is 25.1. The van der Waals surface area contributed by atoms with Crippen molar-refractivity contribution in [1.29, 1.82) is 0 Å². The number of aromatic nitrogens is 2. The Morgan fingerprint density at radius 1 is 0.812 bits per heavy atom. The predicted octanol–water partition coefficient (Wildman–Crippen LogP) is 5.65. The van der Waals surface area contributed by atoms with E-state index in [1.54, 1.807) is 0 Å². The fourth-order valence-corrected chi connectivity index (χ4v) is 3.72. The average molecular weight is 430 g/mol. The summed E-state index contributed by atoms with van der Waals surface area (Å²) in [6.07, 6.45) is 2.03. The monoisotopic (exact) mass is 429 g/mol. The summed E-state index contributed by atoms with van der Waals surface area (Å²) in [5.74, 6) is 1.64. The van der Waals surface area contributed by atoms with Crippen LogP contribution in [0.25, 0.3) is 0 Å². The van der Waals surface area contributed by atoms with Crippen LogP contribution >= 0.6 is 0 Å². The van der Waals surface area contributed by atoms with Gasteiger partial charge in [-0.05, 0) is 47.9 Å². The Morgan fingerprint density at radius 3 is 2.03 bits per heavy atom. The molecule has 0 saturated carbocycles. The van der Waals surface area contributed by atoms with E-state index in [2.05, 4.69) is 38.7 Å². The maximum Gasteiger partial charge on any atom is 0.123 e. The zero-order valence-electron chi connectivity index (χ0n) is 18.5. The molecule has 164 valence electrons. The molecule has 0 atom stereocenters. The van der Waals surface area contributed by atoms with Gasteiger partial charge in [0.2, 0.25) is 0 Å². The van der Waals surface area contributed by atoms with Gasteiger partial charge in [-0.3, -0.25) is 4.90 Å². The van der Waals surface area contributed by atoms with E-state index in [0.29, 0.717) is 19.7 Å². The molecule has 0 radical (unpaired) electrons. The molecular weight excluding hydrogens is 401 g/mol. The van der Waals surface area contributed by atoms with E-state index in [-0.39, 0.29) is 5.82 Å². The van der Waals surface area contributed by atoms with Crippen LogP contribution in [0.4, 0.5) is 4.39 Å². The third kappa shape index (κ3) is 6.05. The minimum atomic E-state index is -0.217. The number of halogens is 1. The normalized spacial score (nSPS) is 11.1. The molecule has 0 fully saturated rings. The third-order valence-electron chi connectivity index (χ3n) is 5.36. The molecule has 0 amide bonds. The van der Waals surface area contributed by atoms with Crippen LogP contribution in [0.5, 0.6) is 5.75 Å². The zero-order valence-corrected chi connectivity index (χ0v) is 18.5. The van der Waals surface area contributed by atoms with Crippen molar-refractivity contribution >= 4 is 0 Å². The first-order valence-electron chi connectivity index (χ1n) is 10.8. The lowest BCUT2D eigenvalue weighted by Gasteiger charge is -2.22.